The van der Waals surface area contributed by atoms with E-state index in [9.17, 15) is 0 Å². The summed E-state index contributed by atoms with van der Waals surface area (Å²) in [5, 5.41) is 0. The summed E-state index contributed by atoms with van der Waals surface area (Å²) in [6.07, 6.45) is 16.7. The molecule has 0 spiro atoms. The Labute approximate surface area is 136 Å². The Morgan fingerprint density at radius 3 is 1.28 bits per heavy atom. The van der Waals surface area contributed by atoms with Gasteiger partial charge in [-0.2, -0.15) is 12.2 Å². The van der Waals surface area contributed by atoms with Crippen molar-refractivity contribution in [2.24, 2.45) is 0 Å². The van der Waals surface area contributed by atoms with Crippen molar-refractivity contribution in [1.82, 2.24) is 0 Å². The minimum Gasteiger partial charge on any atom is -1.00 e. The van der Waals surface area contributed by atoms with Crippen LogP contribution in [0.25, 0.3) is 0 Å². The molecule has 0 amide bonds. The first-order chi connectivity index (χ1) is 7.52. The number of halogens is 2. The molecule has 2 rings (SSSR count). The molecule has 100 valence electrons. The zero-order valence-electron chi connectivity index (χ0n) is 11.5. The third-order valence-electron chi connectivity index (χ3n) is 1.73. The molecule has 0 aromatic carbocycles. The molecular formula is C15H20Cl2Ti-2. The average molecular weight is 319 g/mol. The third-order valence-corrected chi connectivity index (χ3v) is 1.73. The van der Waals surface area contributed by atoms with Crippen molar-refractivity contribution >= 4 is 3.81 Å². The van der Waals surface area contributed by atoms with E-state index in [4.69, 9.17) is 0 Å². The maximum atomic E-state index is 3.12. The molecule has 0 fully saturated rings. The van der Waals surface area contributed by atoms with Crippen LogP contribution in [0.3, 0.4) is 0 Å². The Morgan fingerprint density at radius 1 is 0.944 bits per heavy atom. The molecule has 0 aliphatic heterocycles. The predicted octanol–water partition coefficient (Wildman–Crippen LogP) is -1.86. The normalized spacial score (nSPS) is 13.9. The molecular weight excluding hydrogens is 299 g/mol. The van der Waals surface area contributed by atoms with Crippen molar-refractivity contribution in [1.29, 1.82) is 0 Å². The summed E-state index contributed by atoms with van der Waals surface area (Å²) in [4.78, 5) is 0. The average Bonchev–Trinajstić information content (AvgIpc) is 2.78. The van der Waals surface area contributed by atoms with E-state index in [1.807, 2.05) is 0 Å². The molecule has 0 nitrogen and oxygen atoms in total. The molecule has 0 atom stereocenters. The van der Waals surface area contributed by atoms with E-state index in [1.54, 1.807) is 0 Å². The number of allylic oxidation sites excluding steroid dienone is 8. The van der Waals surface area contributed by atoms with Gasteiger partial charge >= 0.3 is 37.6 Å². The Balaban J connectivity index is -0.000000182. The van der Waals surface area contributed by atoms with Gasteiger partial charge in [0.15, 0.2) is 0 Å². The van der Waals surface area contributed by atoms with Gasteiger partial charge in [-0.25, -0.2) is 23.3 Å². The summed E-state index contributed by atoms with van der Waals surface area (Å²) in [7, 11) is 0. The van der Waals surface area contributed by atoms with Crippen LogP contribution in [0.2, 0.25) is 0 Å². The van der Waals surface area contributed by atoms with E-state index in [0.717, 1.165) is 12.8 Å². The molecule has 0 saturated heterocycles. The fourth-order valence-corrected chi connectivity index (χ4v) is 1.03. The molecule has 0 radical (unpaired) electrons. The minimum atomic E-state index is 0. The van der Waals surface area contributed by atoms with Gasteiger partial charge in [-0.1, -0.05) is 13.8 Å². The zero-order valence-corrected chi connectivity index (χ0v) is 14.6. The van der Waals surface area contributed by atoms with Gasteiger partial charge in [0.1, 0.15) is 0 Å². The molecule has 0 saturated carbocycles. The zero-order chi connectivity index (χ0) is 12.4. The van der Waals surface area contributed by atoms with Crippen LogP contribution in [-0.4, -0.2) is 3.81 Å². The summed E-state index contributed by atoms with van der Waals surface area (Å²) in [6.45, 7) is 8.28. The first kappa shape index (κ1) is 23.2. The Morgan fingerprint density at radius 2 is 1.22 bits per heavy atom. The van der Waals surface area contributed by atoms with Gasteiger partial charge in [-0.15, -0.1) is 12.8 Å². The second kappa shape index (κ2) is 15.2. The fourth-order valence-electron chi connectivity index (χ4n) is 1.03. The van der Waals surface area contributed by atoms with Crippen LogP contribution in [0, 0.1) is 12.2 Å². The van der Waals surface area contributed by atoms with E-state index in [2.05, 4.69) is 84.1 Å². The molecule has 0 heterocycles. The standard InChI is InChI=1S/2C6H7.C3H6.2ClH.Ti/c2*1-6-4-2-3-5-6;1-3-2;;;/h2*2,4H,3H2,1H3;1-2H3;2*1H;/q2*-1;;;;+2/p-2. The van der Waals surface area contributed by atoms with Crippen molar-refractivity contribution in [2.45, 2.75) is 40.5 Å². The van der Waals surface area contributed by atoms with Gasteiger partial charge < -0.3 is 24.8 Å². The summed E-state index contributed by atoms with van der Waals surface area (Å²) < 4.78 is 1.42. The van der Waals surface area contributed by atoms with Crippen molar-refractivity contribution in [3.05, 3.63) is 47.6 Å². The van der Waals surface area contributed by atoms with Crippen LogP contribution < -0.4 is 24.8 Å². The maximum Gasteiger partial charge on any atom is -1.00 e. The maximum absolute atomic E-state index is 3.12. The Bertz CT molecular complexity index is 299. The van der Waals surface area contributed by atoms with E-state index in [1.165, 1.54) is 15.0 Å². The van der Waals surface area contributed by atoms with Crippen LogP contribution in [0.5, 0.6) is 0 Å². The topological polar surface area (TPSA) is 0 Å². The summed E-state index contributed by atoms with van der Waals surface area (Å²) >= 11 is 2.08. The molecule has 0 unspecified atom stereocenters. The summed E-state index contributed by atoms with van der Waals surface area (Å²) in [6, 6.07) is 0. The predicted molar refractivity (Wildman–Crippen MR) is 68.7 cm³/mol. The van der Waals surface area contributed by atoms with Gasteiger partial charge in [-0.3, -0.25) is 12.2 Å². The molecule has 2 aliphatic carbocycles. The second-order valence-corrected chi connectivity index (χ2v) is 5.49. The number of hydrogen-bond acceptors (Lipinski definition) is 0. The molecule has 3 heteroatoms. The number of rotatable bonds is 0. The van der Waals surface area contributed by atoms with Gasteiger partial charge in [0, 0.05) is 0 Å². The number of hydrogen-bond donors (Lipinski definition) is 0. The first-order valence-electron chi connectivity index (χ1n) is 5.52. The molecule has 0 aromatic heterocycles. The quantitative estimate of drug-likeness (QED) is 0.363. The smallest absolute Gasteiger partial charge is 1.00 e. The van der Waals surface area contributed by atoms with Gasteiger partial charge in [-0.05, 0) is 0 Å². The Kier molecular flexibility index (Phi) is 19.6. The first-order valence-corrected chi connectivity index (χ1v) is 6.30. The van der Waals surface area contributed by atoms with Gasteiger partial charge in [0.2, 0.25) is 0 Å². The Hall–Kier alpha value is 0.124. The third kappa shape index (κ3) is 18.5. The second-order valence-electron chi connectivity index (χ2n) is 3.93. The van der Waals surface area contributed by atoms with Crippen LogP contribution in [0.15, 0.2) is 35.5 Å². The van der Waals surface area contributed by atoms with Crippen LogP contribution in [-0.2, 0) is 20.0 Å². The fraction of sp³-hybridized carbons (Fsp3) is 0.400. The minimum absolute atomic E-state index is 0. The van der Waals surface area contributed by atoms with E-state index >= 15 is 0 Å². The van der Waals surface area contributed by atoms with Crippen LogP contribution in [0.4, 0.5) is 0 Å². The van der Waals surface area contributed by atoms with Crippen molar-refractivity contribution in [2.75, 3.05) is 0 Å². The largest absolute Gasteiger partial charge is 1.00 e. The van der Waals surface area contributed by atoms with Crippen molar-refractivity contribution in [3.8, 4) is 0 Å². The monoisotopic (exact) mass is 318 g/mol. The van der Waals surface area contributed by atoms with E-state index < -0.39 is 0 Å². The SMILES string of the molecule is CC1=[C-]CC=C1.CC1=[C-]CC=C1.C[C](C)=[Ti+2].[Cl-].[Cl-]. The van der Waals surface area contributed by atoms with E-state index in [-0.39, 0.29) is 24.8 Å². The van der Waals surface area contributed by atoms with Gasteiger partial charge in [0.25, 0.3) is 0 Å². The van der Waals surface area contributed by atoms with E-state index in [0.29, 0.717) is 0 Å². The summed E-state index contributed by atoms with van der Waals surface area (Å²) in [5.41, 5.74) is 2.55. The molecule has 18 heavy (non-hydrogen) atoms. The van der Waals surface area contributed by atoms with Crippen molar-refractivity contribution in [3.63, 3.8) is 0 Å². The molecule has 0 bridgehead atoms. The molecule has 0 N–H and O–H groups in total. The van der Waals surface area contributed by atoms with Crippen molar-refractivity contribution < 1.29 is 44.8 Å². The summed E-state index contributed by atoms with van der Waals surface area (Å²) in [5.74, 6) is 0. The molecule has 0 aromatic rings. The van der Waals surface area contributed by atoms with Crippen LogP contribution >= 0.6 is 0 Å². The van der Waals surface area contributed by atoms with Crippen LogP contribution in [0.1, 0.15) is 40.5 Å². The molecule has 2 aliphatic rings. The van der Waals surface area contributed by atoms with Gasteiger partial charge in [0.05, 0.1) is 0 Å².